The van der Waals surface area contributed by atoms with Gasteiger partial charge in [0.05, 0.1) is 21.8 Å². The van der Waals surface area contributed by atoms with E-state index in [2.05, 4.69) is 5.32 Å². The van der Waals surface area contributed by atoms with Gasteiger partial charge in [0.1, 0.15) is 28.6 Å². The second-order valence-electron chi connectivity index (χ2n) is 6.21. The highest BCUT2D eigenvalue weighted by molar-refractivity contribution is 6.35. The number of rotatable bonds is 1. The van der Waals surface area contributed by atoms with Crippen molar-refractivity contribution in [3.8, 4) is 17.6 Å². The first-order chi connectivity index (χ1) is 12.8. The number of carbonyl (C=O) groups excluding carboxylic acids is 2. The summed E-state index contributed by atoms with van der Waals surface area (Å²) in [6.45, 7) is 1.28. The second kappa shape index (κ2) is 5.50. The summed E-state index contributed by atoms with van der Waals surface area (Å²) in [7, 11) is 0. The minimum atomic E-state index is -1.78. The van der Waals surface area contributed by atoms with E-state index in [1.165, 1.54) is 19.1 Å². The number of aromatic hydroxyl groups is 1. The van der Waals surface area contributed by atoms with Crippen LogP contribution in [-0.2, 0) is 10.2 Å². The number of nitrogens with two attached hydrogens (primary N) is 1. The van der Waals surface area contributed by atoms with Crippen molar-refractivity contribution in [3.63, 3.8) is 0 Å². The molecule has 0 aromatic heterocycles. The van der Waals surface area contributed by atoms with Gasteiger partial charge in [-0.25, -0.2) is 0 Å². The number of nitrogens with zero attached hydrogens (tertiary/aromatic N) is 1. The Hall–Kier alpha value is -3.50. The molecule has 2 heterocycles. The first-order valence-electron chi connectivity index (χ1n) is 7.90. The van der Waals surface area contributed by atoms with Crippen LogP contribution in [0.4, 0.5) is 5.69 Å². The molecule has 1 unspecified atom stereocenters. The molecule has 1 atom stereocenters. The van der Waals surface area contributed by atoms with Crippen molar-refractivity contribution < 1.29 is 19.4 Å². The SMILES string of the molecule is CC(=O)c1ccc2c(c1O)C1(C(=O)Nc3c(Cl)cccc31)C(C#N)=C(N)O2. The van der Waals surface area contributed by atoms with Crippen molar-refractivity contribution in [1.82, 2.24) is 0 Å². The third kappa shape index (κ3) is 1.96. The topological polar surface area (TPSA) is 125 Å². The van der Waals surface area contributed by atoms with Crippen LogP contribution in [-0.4, -0.2) is 16.8 Å². The third-order valence-electron chi connectivity index (χ3n) is 4.84. The van der Waals surface area contributed by atoms with Crippen molar-refractivity contribution in [2.24, 2.45) is 5.73 Å². The summed E-state index contributed by atoms with van der Waals surface area (Å²) in [5, 5.41) is 23.6. The Bertz CT molecular complexity index is 1130. The van der Waals surface area contributed by atoms with Crippen LogP contribution in [0, 0.1) is 11.3 Å². The third-order valence-corrected chi connectivity index (χ3v) is 5.16. The van der Waals surface area contributed by atoms with Crippen LogP contribution in [0.5, 0.6) is 11.5 Å². The molecule has 2 aliphatic heterocycles. The molecule has 0 saturated heterocycles. The Balaban J connectivity index is 2.21. The number of Topliss-reactive ketones (excluding diaryl/α,β-unsaturated/α-hetero) is 1. The number of hydrogen-bond acceptors (Lipinski definition) is 6. The fourth-order valence-electron chi connectivity index (χ4n) is 3.71. The average Bonchev–Trinajstić information content (AvgIpc) is 2.89. The summed E-state index contributed by atoms with van der Waals surface area (Å²) in [4.78, 5) is 25.1. The molecule has 4 rings (SSSR count). The molecular weight excluding hydrogens is 370 g/mol. The zero-order chi connectivity index (χ0) is 19.5. The molecule has 8 heteroatoms. The maximum Gasteiger partial charge on any atom is 0.245 e. The number of carbonyl (C=O) groups is 2. The zero-order valence-electron chi connectivity index (χ0n) is 14.0. The second-order valence-corrected chi connectivity index (χ2v) is 6.62. The number of phenolic OH excluding ortho intramolecular Hbond substituents is 1. The van der Waals surface area contributed by atoms with Crippen LogP contribution in [0.25, 0.3) is 0 Å². The van der Waals surface area contributed by atoms with E-state index in [9.17, 15) is 20.0 Å². The van der Waals surface area contributed by atoms with Gasteiger partial charge in [-0.1, -0.05) is 23.7 Å². The molecule has 0 fully saturated rings. The number of nitrogens with one attached hydrogen (secondary N) is 1. The fraction of sp³-hybridized carbons (Fsp3) is 0.105. The van der Waals surface area contributed by atoms with E-state index in [1.54, 1.807) is 18.2 Å². The number of fused-ring (bicyclic) bond motifs is 4. The van der Waals surface area contributed by atoms with Crippen LogP contribution < -0.4 is 15.8 Å². The van der Waals surface area contributed by atoms with E-state index in [0.29, 0.717) is 11.3 Å². The van der Waals surface area contributed by atoms with Crippen molar-refractivity contribution in [3.05, 3.63) is 63.5 Å². The number of hydrogen-bond donors (Lipinski definition) is 3. The Kier molecular flexibility index (Phi) is 3.45. The average molecular weight is 382 g/mol. The minimum absolute atomic E-state index is 0.00207. The number of ketones is 1. The number of benzene rings is 2. The highest BCUT2D eigenvalue weighted by atomic mass is 35.5. The highest BCUT2D eigenvalue weighted by Crippen LogP contribution is 2.57. The molecule has 7 nitrogen and oxygen atoms in total. The highest BCUT2D eigenvalue weighted by Gasteiger charge is 2.58. The Morgan fingerprint density at radius 3 is 2.78 bits per heavy atom. The summed E-state index contributed by atoms with van der Waals surface area (Å²) in [5.74, 6) is -1.65. The molecule has 0 saturated carbocycles. The van der Waals surface area contributed by atoms with E-state index in [1.807, 2.05) is 6.07 Å². The van der Waals surface area contributed by atoms with Gasteiger partial charge in [-0.05, 0) is 25.1 Å². The molecule has 4 N–H and O–H groups in total. The number of ether oxygens (including phenoxy) is 1. The van der Waals surface area contributed by atoms with E-state index in [-0.39, 0.29) is 33.4 Å². The van der Waals surface area contributed by atoms with E-state index >= 15 is 0 Å². The number of halogens is 1. The van der Waals surface area contributed by atoms with E-state index < -0.39 is 22.9 Å². The van der Waals surface area contributed by atoms with Crippen molar-refractivity contribution in [2.45, 2.75) is 12.3 Å². The van der Waals surface area contributed by atoms with Gasteiger partial charge in [-0.15, -0.1) is 0 Å². The van der Waals surface area contributed by atoms with E-state index in [0.717, 1.165) is 0 Å². The first kappa shape index (κ1) is 16.9. The van der Waals surface area contributed by atoms with E-state index in [4.69, 9.17) is 22.1 Å². The largest absolute Gasteiger partial charge is 0.507 e. The van der Waals surface area contributed by atoms with Gasteiger partial charge in [0, 0.05) is 5.56 Å². The molecule has 1 amide bonds. The molecule has 27 heavy (non-hydrogen) atoms. The maximum absolute atomic E-state index is 13.2. The van der Waals surface area contributed by atoms with Crippen LogP contribution in [0.3, 0.4) is 0 Å². The quantitative estimate of drug-likeness (QED) is 0.652. The van der Waals surface area contributed by atoms with Gasteiger partial charge in [0.25, 0.3) is 0 Å². The lowest BCUT2D eigenvalue weighted by Gasteiger charge is -2.34. The molecule has 0 radical (unpaired) electrons. The lowest BCUT2D eigenvalue weighted by atomic mass is 9.68. The smallest absolute Gasteiger partial charge is 0.245 e. The normalized spacial score (nSPS) is 19.8. The molecule has 0 aliphatic carbocycles. The number of phenols is 1. The van der Waals surface area contributed by atoms with Gasteiger partial charge in [-0.3, -0.25) is 9.59 Å². The predicted octanol–water partition coefficient (Wildman–Crippen LogP) is 2.57. The van der Waals surface area contributed by atoms with Gasteiger partial charge < -0.3 is 20.9 Å². The van der Waals surface area contributed by atoms with Crippen LogP contribution in [0.15, 0.2) is 41.8 Å². The standard InChI is InChI=1S/C19H12ClN3O4/c1-8(24)9-5-6-13-14(16(9)25)19(11(7-21)17(22)27-13)10-3-2-4-12(20)15(10)23-18(19)26/h2-6,25H,22H2,1H3,(H,23,26). The number of para-hydroxylation sites is 1. The number of amides is 1. The fourth-order valence-corrected chi connectivity index (χ4v) is 3.93. The summed E-state index contributed by atoms with van der Waals surface area (Å²) in [5.41, 5.74) is 4.61. The zero-order valence-corrected chi connectivity index (χ0v) is 14.7. The molecule has 134 valence electrons. The van der Waals surface area contributed by atoms with Crippen molar-refractivity contribution >= 4 is 29.0 Å². The lowest BCUT2D eigenvalue weighted by molar-refractivity contribution is -0.118. The van der Waals surface area contributed by atoms with Gasteiger partial charge in [-0.2, -0.15) is 5.26 Å². The molecule has 2 aromatic rings. The van der Waals surface area contributed by atoms with Crippen molar-refractivity contribution in [1.29, 1.82) is 5.26 Å². The lowest BCUT2D eigenvalue weighted by Crippen LogP contribution is -2.42. The van der Waals surface area contributed by atoms with Crippen molar-refractivity contribution in [2.75, 3.05) is 5.32 Å². The summed E-state index contributed by atoms with van der Waals surface area (Å²) in [6, 6.07) is 9.55. The summed E-state index contributed by atoms with van der Waals surface area (Å²) < 4.78 is 5.48. The number of nitriles is 1. The first-order valence-corrected chi connectivity index (χ1v) is 8.27. The summed E-state index contributed by atoms with van der Waals surface area (Å²) in [6.07, 6.45) is 0. The van der Waals surface area contributed by atoms with Crippen LogP contribution in [0.1, 0.15) is 28.4 Å². The molecule has 1 spiro atoms. The molecule has 2 aromatic carbocycles. The van der Waals surface area contributed by atoms with Crippen LogP contribution in [0.2, 0.25) is 5.02 Å². The molecule has 0 bridgehead atoms. The minimum Gasteiger partial charge on any atom is -0.507 e. The van der Waals surface area contributed by atoms with Gasteiger partial charge in [0.2, 0.25) is 11.8 Å². The Morgan fingerprint density at radius 2 is 2.11 bits per heavy atom. The Morgan fingerprint density at radius 1 is 1.37 bits per heavy atom. The van der Waals surface area contributed by atoms with Crippen LogP contribution >= 0.6 is 11.6 Å². The number of anilines is 1. The van der Waals surface area contributed by atoms with Gasteiger partial charge in [0.15, 0.2) is 5.78 Å². The van der Waals surface area contributed by atoms with Gasteiger partial charge >= 0.3 is 0 Å². The maximum atomic E-state index is 13.2. The monoisotopic (exact) mass is 381 g/mol. The molecular formula is C19H12ClN3O4. The predicted molar refractivity (Wildman–Crippen MR) is 96.4 cm³/mol. The molecule has 2 aliphatic rings. The Labute approximate surface area is 158 Å². The summed E-state index contributed by atoms with van der Waals surface area (Å²) >= 11 is 6.22.